The summed E-state index contributed by atoms with van der Waals surface area (Å²) in [5.74, 6) is 0. The summed E-state index contributed by atoms with van der Waals surface area (Å²) in [5, 5.41) is 142. The average molecular weight is 667 g/mol. The molecule has 0 aromatic heterocycles. The minimum Gasteiger partial charge on any atom is -0.394 e. The first-order valence-electron chi connectivity index (χ1n) is 14.1. The molecule has 0 aromatic rings. The van der Waals surface area contributed by atoms with Crippen LogP contribution in [0.15, 0.2) is 0 Å². The maximum atomic E-state index is 10.9. The smallest absolute Gasteiger partial charge is 0.187 e. The van der Waals surface area contributed by atoms with Crippen LogP contribution < -0.4 is 0 Å². The lowest BCUT2D eigenvalue weighted by molar-refractivity contribution is -0.369. The average Bonchev–Trinajstić information content (AvgIpc) is 3.02. The fourth-order valence-corrected chi connectivity index (χ4v) is 5.33. The van der Waals surface area contributed by atoms with Gasteiger partial charge in [-0.1, -0.05) is 0 Å². The van der Waals surface area contributed by atoms with Crippen LogP contribution in [0.4, 0.5) is 0 Å². The fourth-order valence-electron chi connectivity index (χ4n) is 5.33. The van der Waals surface area contributed by atoms with Crippen molar-refractivity contribution in [3.63, 3.8) is 0 Å². The summed E-state index contributed by atoms with van der Waals surface area (Å²) < 4.78 is 37.4. The number of aliphatic hydroxyl groups excluding tert-OH is 14. The van der Waals surface area contributed by atoms with E-state index in [4.69, 9.17) is 33.2 Å². The Morgan fingerprint density at radius 1 is 0.378 bits per heavy atom. The lowest BCUT2D eigenvalue weighted by atomic mass is 9.96. The normalized spacial score (nSPS) is 52.9. The number of aliphatic hydroxyl groups is 14. The Hall–Kier alpha value is -0.840. The van der Waals surface area contributed by atoms with Crippen molar-refractivity contribution in [2.45, 2.75) is 123 Å². The van der Waals surface area contributed by atoms with E-state index in [-0.39, 0.29) is 0 Å². The van der Waals surface area contributed by atoms with Crippen LogP contribution in [0.25, 0.3) is 0 Å². The minimum atomic E-state index is -1.99. The van der Waals surface area contributed by atoms with Gasteiger partial charge in [0.05, 0.1) is 26.4 Å². The topological polar surface area (TPSA) is 348 Å². The Balaban J connectivity index is 1.41. The van der Waals surface area contributed by atoms with Crippen LogP contribution in [-0.2, 0) is 33.2 Å². The second kappa shape index (κ2) is 15.6. The highest BCUT2D eigenvalue weighted by atomic mass is 16.8. The summed E-state index contributed by atoms with van der Waals surface area (Å²) >= 11 is 0. The molecule has 14 N–H and O–H groups in total. The Bertz CT molecular complexity index is 916. The highest BCUT2D eigenvalue weighted by molar-refractivity contribution is 4.95. The van der Waals surface area contributed by atoms with E-state index in [1.807, 2.05) is 0 Å². The molecule has 1 unspecified atom stereocenters. The van der Waals surface area contributed by atoms with Crippen molar-refractivity contribution in [2.75, 3.05) is 26.4 Å². The Kier molecular flexibility index (Phi) is 12.8. The Morgan fingerprint density at radius 3 is 1.31 bits per heavy atom. The van der Waals surface area contributed by atoms with Crippen LogP contribution in [0.1, 0.15) is 0 Å². The monoisotopic (exact) mass is 666 g/mol. The number of hydrogen-bond donors (Lipinski definition) is 14. The van der Waals surface area contributed by atoms with Crippen LogP contribution >= 0.6 is 0 Å². The molecule has 264 valence electrons. The van der Waals surface area contributed by atoms with Crippen molar-refractivity contribution in [2.24, 2.45) is 0 Å². The fraction of sp³-hybridized carbons (Fsp3) is 1.00. The maximum Gasteiger partial charge on any atom is 0.187 e. The first-order chi connectivity index (χ1) is 21.2. The third-order valence-electron chi connectivity index (χ3n) is 8.17. The zero-order chi connectivity index (χ0) is 33.3. The molecule has 0 radical (unpaired) electrons. The number of rotatable bonds is 10. The van der Waals surface area contributed by atoms with Gasteiger partial charge in [-0.3, -0.25) is 0 Å². The van der Waals surface area contributed by atoms with E-state index in [1.54, 1.807) is 0 Å². The molecule has 0 saturated carbocycles. The molecule has 20 atom stereocenters. The molecule has 4 rings (SSSR count). The van der Waals surface area contributed by atoms with Crippen molar-refractivity contribution in [3.8, 4) is 0 Å². The molecule has 21 heteroatoms. The molecule has 0 amide bonds. The number of ether oxygens (including phenoxy) is 7. The molecule has 4 heterocycles. The number of hydrogen-bond acceptors (Lipinski definition) is 21. The van der Waals surface area contributed by atoms with Crippen molar-refractivity contribution in [1.82, 2.24) is 0 Å². The molecule has 4 aliphatic heterocycles. The van der Waals surface area contributed by atoms with E-state index in [1.165, 1.54) is 0 Å². The Morgan fingerprint density at radius 2 is 0.778 bits per heavy atom. The van der Waals surface area contributed by atoms with Crippen LogP contribution in [0.3, 0.4) is 0 Å². The van der Waals surface area contributed by atoms with Crippen molar-refractivity contribution in [3.05, 3.63) is 0 Å². The molecule has 4 saturated heterocycles. The molecular weight excluding hydrogens is 624 g/mol. The van der Waals surface area contributed by atoms with Gasteiger partial charge in [0.1, 0.15) is 97.7 Å². The van der Waals surface area contributed by atoms with E-state index < -0.39 is 149 Å². The molecule has 0 aliphatic carbocycles. The third kappa shape index (κ3) is 7.75. The van der Waals surface area contributed by atoms with Crippen LogP contribution in [0.5, 0.6) is 0 Å². The molecule has 0 spiro atoms. The molecule has 0 bridgehead atoms. The predicted molar refractivity (Wildman–Crippen MR) is 134 cm³/mol. The predicted octanol–water partition coefficient (Wildman–Crippen LogP) is -9.75. The maximum absolute atomic E-state index is 10.9. The highest BCUT2D eigenvalue weighted by Gasteiger charge is 2.52. The minimum absolute atomic E-state index is 0.657. The summed E-state index contributed by atoms with van der Waals surface area (Å²) in [7, 11) is 0. The van der Waals surface area contributed by atoms with Crippen molar-refractivity contribution < 1.29 is 105 Å². The van der Waals surface area contributed by atoms with Crippen LogP contribution in [0, 0.1) is 0 Å². The van der Waals surface area contributed by atoms with Gasteiger partial charge in [0.25, 0.3) is 0 Å². The second-order valence-electron chi connectivity index (χ2n) is 11.2. The van der Waals surface area contributed by atoms with E-state index in [9.17, 15) is 71.5 Å². The summed E-state index contributed by atoms with van der Waals surface area (Å²) in [5.41, 5.74) is 0. The zero-order valence-electron chi connectivity index (χ0n) is 23.5. The summed E-state index contributed by atoms with van der Waals surface area (Å²) in [4.78, 5) is 0. The lowest BCUT2D eigenvalue weighted by Gasteiger charge is -2.46. The molecule has 21 nitrogen and oxygen atoms in total. The van der Waals surface area contributed by atoms with Gasteiger partial charge in [0, 0.05) is 0 Å². The third-order valence-corrected chi connectivity index (χ3v) is 8.17. The first kappa shape index (κ1) is 37.0. The van der Waals surface area contributed by atoms with Gasteiger partial charge in [-0.05, 0) is 0 Å². The molecular formula is C24H42O21. The second-order valence-corrected chi connectivity index (χ2v) is 11.2. The van der Waals surface area contributed by atoms with Gasteiger partial charge in [0.2, 0.25) is 0 Å². The van der Waals surface area contributed by atoms with E-state index in [2.05, 4.69) is 0 Å². The molecule has 45 heavy (non-hydrogen) atoms. The van der Waals surface area contributed by atoms with Gasteiger partial charge < -0.3 is 105 Å². The lowest BCUT2D eigenvalue weighted by Crippen LogP contribution is -2.65. The van der Waals surface area contributed by atoms with Crippen LogP contribution in [-0.4, -0.2) is 221 Å². The summed E-state index contributed by atoms with van der Waals surface area (Å²) in [6.07, 6.45) is -34.8. The van der Waals surface area contributed by atoms with Gasteiger partial charge in [-0.15, -0.1) is 0 Å². The quantitative estimate of drug-likeness (QED) is 0.103. The molecule has 4 aliphatic rings. The van der Waals surface area contributed by atoms with Gasteiger partial charge in [-0.2, -0.15) is 0 Å². The highest BCUT2D eigenvalue weighted by Crippen LogP contribution is 2.31. The van der Waals surface area contributed by atoms with E-state index in [0.29, 0.717) is 0 Å². The SMILES string of the molecule is OC[C@H]1O[C@@H](OC[C@H]2O[C@@H](O[C@H]3[C@@H](O)[C@@H](CO)O[C@@H](OC[C@H]4OC(O)[C@H](O)[C@@H](O)[C@H]4O)[C@@H]3O)[C@H](O)[C@@H](O)[C@H]2O)[C@H](O)[C@@H](O)[C@H]1O. The summed E-state index contributed by atoms with van der Waals surface area (Å²) in [6.45, 7) is -2.93. The largest absolute Gasteiger partial charge is 0.394 e. The molecule has 0 aromatic carbocycles. The van der Waals surface area contributed by atoms with Gasteiger partial charge in [0.15, 0.2) is 25.2 Å². The van der Waals surface area contributed by atoms with E-state index in [0.717, 1.165) is 0 Å². The van der Waals surface area contributed by atoms with Crippen LogP contribution in [0.2, 0.25) is 0 Å². The molecule has 4 fully saturated rings. The van der Waals surface area contributed by atoms with Crippen molar-refractivity contribution >= 4 is 0 Å². The first-order valence-corrected chi connectivity index (χ1v) is 14.1. The van der Waals surface area contributed by atoms with Gasteiger partial charge in [-0.25, -0.2) is 0 Å². The zero-order valence-corrected chi connectivity index (χ0v) is 23.5. The Labute approximate surface area is 254 Å². The standard InChI is InChI=1S/C24H42O21/c25-1-5-9(27)14(32)17(35)22(42-5)39-4-8-11(29)15(33)18(36)24(44-8)45-20-12(30)6(2-26)43-23(19(20)37)40-3-7-10(28)13(31)16(34)21(38)41-7/h5-38H,1-4H2/t5-,6-,7-,8-,9+,10+,11+,12+,13+,14+,15+,16-,17-,18-,19-,20+,21?,22-,23-,24+/m1/s1. The van der Waals surface area contributed by atoms with E-state index >= 15 is 0 Å². The van der Waals surface area contributed by atoms with Crippen molar-refractivity contribution in [1.29, 1.82) is 0 Å². The summed E-state index contributed by atoms with van der Waals surface area (Å²) in [6, 6.07) is 0. The van der Waals surface area contributed by atoms with Gasteiger partial charge >= 0.3 is 0 Å².